The van der Waals surface area contributed by atoms with Gasteiger partial charge in [-0.25, -0.2) is 4.98 Å². The molecule has 78 valence electrons. The molecule has 2 heterocycles. The normalized spacial score (nSPS) is 22.6. The van der Waals surface area contributed by atoms with Crippen molar-refractivity contribution in [2.75, 3.05) is 18.1 Å². The van der Waals surface area contributed by atoms with Gasteiger partial charge in [-0.2, -0.15) is 11.8 Å². The number of nitrogens with one attached hydrogen (secondary N) is 2. The molecule has 0 radical (unpaired) electrons. The fourth-order valence-corrected chi connectivity index (χ4v) is 2.71. The SMILES string of the molecule is CCc1nc(C2CSCCN2)[nH]c1C. The molecular weight excluding hydrogens is 194 g/mol. The van der Waals surface area contributed by atoms with Crippen LogP contribution in [0.4, 0.5) is 0 Å². The van der Waals surface area contributed by atoms with Crippen molar-refractivity contribution >= 4 is 11.8 Å². The average Bonchev–Trinajstić information content (AvgIpc) is 2.61. The van der Waals surface area contributed by atoms with Crippen molar-refractivity contribution in [3.63, 3.8) is 0 Å². The Hall–Kier alpha value is -0.480. The Labute approximate surface area is 89.1 Å². The Bertz CT molecular complexity index is 302. The highest BCUT2D eigenvalue weighted by Gasteiger charge is 2.18. The highest BCUT2D eigenvalue weighted by Crippen LogP contribution is 2.20. The standard InChI is InChI=1S/C10H17N3S/c1-3-8-7(2)12-10(13-8)9-6-14-5-4-11-9/h9,11H,3-6H2,1-2H3,(H,12,13). The molecule has 0 amide bonds. The summed E-state index contributed by atoms with van der Waals surface area (Å²) in [7, 11) is 0. The second kappa shape index (κ2) is 4.36. The second-order valence-corrected chi connectivity index (χ2v) is 4.78. The molecule has 1 saturated heterocycles. The Balaban J connectivity index is 2.14. The van der Waals surface area contributed by atoms with Gasteiger partial charge in [0.15, 0.2) is 0 Å². The molecule has 1 aromatic rings. The van der Waals surface area contributed by atoms with Gasteiger partial charge in [-0.1, -0.05) is 6.92 Å². The summed E-state index contributed by atoms with van der Waals surface area (Å²) < 4.78 is 0. The molecule has 0 spiro atoms. The minimum atomic E-state index is 0.424. The number of nitrogens with zero attached hydrogens (tertiary/aromatic N) is 1. The summed E-state index contributed by atoms with van der Waals surface area (Å²) in [6, 6.07) is 0.424. The molecule has 0 bridgehead atoms. The molecule has 3 nitrogen and oxygen atoms in total. The first-order valence-electron chi connectivity index (χ1n) is 5.17. The predicted molar refractivity (Wildman–Crippen MR) is 60.8 cm³/mol. The summed E-state index contributed by atoms with van der Waals surface area (Å²) in [6.07, 6.45) is 1.02. The maximum atomic E-state index is 4.62. The van der Waals surface area contributed by atoms with E-state index in [1.807, 2.05) is 11.8 Å². The number of aryl methyl sites for hydroxylation is 2. The molecule has 0 aromatic carbocycles. The highest BCUT2D eigenvalue weighted by atomic mass is 32.2. The van der Waals surface area contributed by atoms with E-state index in [0.717, 1.165) is 24.5 Å². The van der Waals surface area contributed by atoms with Crippen LogP contribution in [-0.2, 0) is 6.42 Å². The van der Waals surface area contributed by atoms with Crippen LogP contribution in [0.2, 0.25) is 0 Å². The highest BCUT2D eigenvalue weighted by molar-refractivity contribution is 7.99. The number of thioether (sulfide) groups is 1. The lowest BCUT2D eigenvalue weighted by molar-refractivity contribution is 0.568. The molecule has 1 fully saturated rings. The first-order valence-corrected chi connectivity index (χ1v) is 6.33. The van der Waals surface area contributed by atoms with Gasteiger partial charge in [0.1, 0.15) is 5.82 Å². The van der Waals surface area contributed by atoms with Crippen molar-refractivity contribution in [2.24, 2.45) is 0 Å². The number of rotatable bonds is 2. The molecule has 0 saturated carbocycles. The molecule has 1 unspecified atom stereocenters. The molecule has 1 aliphatic rings. The van der Waals surface area contributed by atoms with Crippen LogP contribution < -0.4 is 5.32 Å². The van der Waals surface area contributed by atoms with Gasteiger partial charge < -0.3 is 10.3 Å². The summed E-state index contributed by atoms with van der Waals surface area (Å²) in [4.78, 5) is 8.00. The Morgan fingerprint density at radius 2 is 2.43 bits per heavy atom. The first-order chi connectivity index (χ1) is 6.81. The van der Waals surface area contributed by atoms with E-state index in [9.17, 15) is 0 Å². The summed E-state index contributed by atoms with van der Waals surface area (Å²) in [6.45, 7) is 5.35. The molecular formula is C10H17N3S. The number of H-pyrrole nitrogens is 1. The number of aromatic nitrogens is 2. The van der Waals surface area contributed by atoms with Gasteiger partial charge in [0.2, 0.25) is 0 Å². The topological polar surface area (TPSA) is 40.7 Å². The van der Waals surface area contributed by atoms with E-state index in [0.29, 0.717) is 6.04 Å². The van der Waals surface area contributed by atoms with Crippen LogP contribution in [0.5, 0.6) is 0 Å². The molecule has 0 aliphatic carbocycles. The summed E-state index contributed by atoms with van der Waals surface area (Å²) in [5, 5.41) is 3.49. The largest absolute Gasteiger partial charge is 0.345 e. The third kappa shape index (κ3) is 1.96. The molecule has 4 heteroatoms. The fraction of sp³-hybridized carbons (Fsp3) is 0.700. The Kier molecular flexibility index (Phi) is 3.13. The van der Waals surface area contributed by atoms with Crippen LogP contribution in [0.25, 0.3) is 0 Å². The van der Waals surface area contributed by atoms with Crippen molar-refractivity contribution in [3.8, 4) is 0 Å². The van der Waals surface area contributed by atoms with Crippen LogP contribution in [0, 0.1) is 6.92 Å². The zero-order valence-corrected chi connectivity index (χ0v) is 9.58. The van der Waals surface area contributed by atoms with Crippen molar-refractivity contribution in [2.45, 2.75) is 26.3 Å². The van der Waals surface area contributed by atoms with E-state index in [4.69, 9.17) is 0 Å². The minimum absolute atomic E-state index is 0.424. The summed E-state index contributed by atoms with van der Waals surface area (Å²) in [5.74, 6) is 3.47. The first kappa shape index (κ1) is 10.1. The quantitative estimate of drug-likeness (QED) is 0.781. The zero-order valence-electron chi connectivity index (χ0n) is 8.76. The van der Waals surface area contributed by atoms with E-state index in [-0.39, 0.29) is 0 Å². The van der Waals surface area contributed by atoms with Gasteiger partial charge in [-0.3, -0.25) is 0 Å². The van der Waals surface area contributed by atoms with E-state index in [1.54, 1.807) is 0 Å². The maximum Gasteiger partial charge on any atom is 0.124 e. The molecule has 2 rings (SSSR count). The molecule has 1 aromatic heterocycles. The van der Waals surface area contributed by atoms with E-state index in [1.165, 1.54) is 17.1 Å². The lowest BCUT2D eigenvalue weighted by Crippen LogP contribution is -2.31. The Morgan fingerprint density at radius 1 is 1.57 bits per heavy atom. The zero-order chi connectivity index (χ0) is 9.97. The van der Waals surface area contributed by atoms with Gasteiger partial charge in [-0.05, 0) is 13.3 Å². The van der Waals surface area contributed by atoms with Crippen molar-refractivity contribution < 1.29 is 0 Å². The molecule has 2 N–H and O–H groups in total. The summed E-state index contributed by atoms with van der Waals surface area (Å²) >= 11 is 2.00. The monoisotopic (exact) mass is 211 g/mol. The van der Waals surface area contributed by atoms with Gasteiger partial charge in [-0.15, -0.1) is 0 Å². The predicted octanol–water partition coefficient (Wildman–Crippen LogP) is 1.66. The maximum absolute atomic E-state index is 4.62. The number of aromatic amines is 1. The van der Waals surface area contributed by atoms with Crippen molar-refractivity contribution in [1.82, 2.24) is 15.3 Å². The number of hydrogen-bond donors (Lipinski definition) is 2. The van der Waals surface area contributed by atoms with Crippen LogP contribution in [-0.4, -0.2) is 28.0 Å². The van der Waals surface area contributed by atoms with Gasteiger partial charge >= 0.3 is 0 Å². The van der Waals surface area contributed by atoms with Crippen LogP contribution in [0.15, 0.2) is 0 Å². The van der Waals surface area contributed by atoms with Crippen LogP contribution in [0.1, 0.15) is 30.2 Å². The van der Waals surface area contributed by atoms with Gasteiger partial charge in [0.05, 0.1) is 11.7 Å². The molecule has 1 aliphatic heterocycles. The Morgan fingerprint density at radius 3 is 3.00 bits per heavy atom. The smallest absolute Gasteiger partial charge is 0.124 e. The minimum Gasteiger partial charge on any atom is -0.345 e. The van der Waals surface area contributed by atoms with Crippen LogP contribution in [0.3, 0.4) is 0 Å². The van der Waals surface area contributed by atoms with E-state index in [2.05, 4.69) is 29.1 Å². The third-order valence-electron chi connectivity index (χ3n) is 2.59. The van der Waals surface area contributed by atoms with Crippen LogP contribution >= 0.6 is 11.8 Å². The molecule has 1 atom stereocenters. The van der Waals surface area contributed by atoms with E-state index < -0.39 is 0 Å². The number of imidazole rings is 1. The van der Waals surface area contributed by atoms with Crippen molar-refractivity contribution in [3.05, 3.63) is 17.2 Å². The average molecular weight is 211 g/mol. The fourth-order valence-electron chi connectivity index (χ4n) is 1.77. The second-order valence-electron chi connectivity index (χ2n) is 3.63. The molecule has 14 heavy (non-hydrogen) atoms. The van der Waals surface area contributed by atoms with Gasteiger partial charge in [0.25, 0.3) is 0 Å². The number of hydrogen-bond acceptors (Lipinski definition) is 3. The lowest BCUT2D eigenvalue weighted by atomic mass is 10.3. The third-order valence-corrected chi connectivity index (χ3v) is 3.65. The van der Waals surface area contributed by atoms with Gasteiger partial charge in [0, 0.05) is 23.7 Å². The summed E-state index contributed by atoms with van der Waals surface area (Å²) in [5.41, 5.74) is 2.43. The lowest BCUT2D eigenvalue weighted by Gasteiger charge is -2.20. The van der Waals surface area contributed by atoms with Crippen molar-refractivity contribution in [1.29, 1.82) is 0 Å². The van der Waals surface area contributed by atoms with E-state index >= 15 is 0 Å².